The minimum atomic E-state index is -2.61. The highest BCUT2D eigenvalue weighted by atomic mass is 32.2. The highest BCUT2D eigenvalue weighted by Crippen LogP contribution is 2.57. The van der Waals surface area contributed by atoms with E-state index in [1.165, 1.54) is 17.6 Å². The maximum atomic E-state index is 12.8. The van der Waals surface area contributed by atoms with E-state index in [1.54, 1.807) is 0 Å². The van der Waals surface area contributed by atoms with Gasteiger partial charge in [-0.1, -0.05) is 49.8 Å². The molecule has 0 heterocycles. The molecule has 0 bridgehead atoms. The minimum Gasteiger partial charge on any atom is -0.393 e. The minimum absolute atomic E-state index is 0.120. The Morgan fingerprint density at radius 1 is 1.34 bits per heavy atom. The Morgan fingerprint density at radius 2 is 2.03 bits per heavy atom. The van der Waals surface area contributed by atoms with Gasteiger partial charge in [0.05, 0.1) is 12.2 Å². The van der Waals surface area contributed by atoms with Crippen LogP contribution >= 0.6 is 0 Å². The molecule has 32 heavy (non-hydrogen) atoms. The highest BCUT2D eigenvalue weighted by molar-refractivity contribution is 7.93. The zero-order chi connectivity index (χ0) is 23.9. The molecule has 3 rings (SSSR count). The van der Waals surface area contributed by atoms with E-state index in [2.05, 4.69) is 38.7 Å². The Hall–Kier alpha value is -1.17. The molecule has 2 saturated carbocycles. The molecular weight excluding hydrogens is 418 g/mol. The number of allylic oxidation sites excluding steroid dienone is 5. The third-order valence-electron chi connectivity index (χ3n) is 8.23. The summed E-state index contributed by atoms with van der Waals surface area (Å²) >= 11 is 0. The van der Waals surface area contributed by atoms with Gasteiger partial charge in [0, 0.05) is 26.6 Å². The van der Waals surface area contributed by atoms with Crippen LogP contribution < -0.4 is 0 Å². The molecule has 6 atom stereocenters. The van der Waals surface area contributed by atoms with Crippen molar-refractivity contribution in [2.75, 3.05) is 5.75 Å². The Labute approximate surface area is 195 Å². The van der Waals surface area contributed by atoms with Crippen molar-refractivity contribution in [3.8, 4) is 0 Å². The molecule has 2 fully saturated rings. The molecule has 3 aliphatic rings. The van der Waals surface area contributed by atoms with Gasteiger partial charge in [-0.15, -0.1) is 0 Å². The van der Waals surface area contributed by atoms with Crippen molar-refractivity contribution in [3.63, 3.8) is 0 Å². The number of aliphatic hydroxyl groups excluding tert-OH is 2. The summed E-state index contributed by atoms with van der Waals surface area (Å²) in [7, 11) is -2.61. The van der Waals surface area contributed by atoms with E-state index in [-0.39, 0.29) is 5.41 Å². The summed E-state index contributed by atoms with van der Waals surface area (Å²) in [5.41, 5.74) is 4.75. The van der Waals surface area contributed by atoms with Gasteiger partial charge >= 0.3 is 0 Å². The first-order valence-electron chi connectivity index (χ1n) is 12.2. The summed E-state index contributed by atoms with van der Waals surface area (Å²) in [6, 6.07) is 0. The summed E-state index contributed by atoms with van der Waals surface area (Å²) in [6.07, 6.45) is 11.7. The van der Waals surface area contributed by atoms with E-state index in [4.69, 9.17) is 4.78 Å². The van der Waals surface area contributed by atoms with Crippen molar-refractivity contribution < 1.29 is 14.4 Å². The van der Waals surface area contributed by atoms with Gasteiger partial charge < -0.3 is 10.2 Å². The Kier molecular flexibility index (Phi) is 7.34. The smallest absolute Gasteiger partial charge is 0.0811 e. The van der Waals surface area contributed by atoms with Gasteiger partial charge in [-0.2, -0.15) is 0 Å². The lowest BCUT2D eigenvalue weighted by Gasteiger charge is -2.42. The fourth-order valence-electron chi connectivity index (χ4n) is 5.89. The van der Waals surface area contributed by atoms with Crippen LogP contribution in [0.2, 0.25) is 0 Å². The predicted octanol–water partition coefficient (Wildman–Crippen LogP) is 5.92. The molecule has 3 N–H and O–H groups in total. The lowest BCUT2D eigenvalue weighted by Crippen LogP contribution is -2.34. The molecule has 180 valence electrons. The number of hydrogen-bond acceptors (Lipinski definition) is 4. The molecule has 1 unspecified atom stereocenters. The van der Waals surface area contributed by atoms with Crippen molar-refractivity contribution in [1.82, 2.24) is 0 Å². The van der Waals surface area contributed by atoms with Crippen molar-refractivity contribution in [2.24, 2.45) is 17.3 Å². The average Bonchev–Trinajstić information content (AvgIpc) is 3.04. The van der Waals surface area contributed by atoms with Crippen LogP contribution in [0.15, 0.2) is 47.1 Å². The fraction of sp³-hybridized carbons (Fsp3) is 0.704. The maximum absolute atomic E-state index is 12.8. The number of fused-ring (bicyclic) bond motifs is 1. The molecule has 0 saturated heterocycles. The third-order valence-corrected chi connectivity index (χ3v) is 11.0. The number of hydrogen-bond donors (Lipinski definition) is 3. The average molecular weight is 462 g/mol. The molecule has 5 heteroatoms. The Morgan fingerprint density at radius 3 is 2.69 bits per heavy atom. The second-order valence-electron chi connectivity index (χ2n) is 11.5. The van der Waals surface area contributed by atoms with Crippen LogP contribution in [0.4, 0.5) is 0 Å². The molecule has 0 spiro atoms. The lowest BCUT2D eigenvalue weighted by atomic mass is 9.62. The number of nitrogens with one attached hydrogen (secondary N) is 1. The van der Waals surface area contributed by atoms with Crippen LogP contribution in [-0.2, 0) is 9.73 Å². The van der Waals surface area contributed by atoms with E-state index in [0.717, 1.165) is 36.8 Å². The first-order chi connectivity index (χ1) is 14.8. The zero-order valence-electron chi connectivity index (χ0n) is 20.6. The van der Waals surface area contributed by atoms with Gasteiger partial charge in [0.15, 0.2) is 0 Å². The standard InChI is InChI=1S/C27H43NO3S/c1-18(13-15-32(28,31)26(3,4)5)23-11-12-24-20(8-7-14-27(23,24)6)9-10-21-16-22(29)17-25(30)19(21)2/h9-11,18,22,24-25,28-30H,2,7-8,12-17H2,1,3-6H3/b20-9+,21-10-/t18-,22-,24+,25+,27-,32?/m1/s1. The van der Waals surface area contributed by atoms with E-state index in [9.17, 15) is 14.4 Å². The van der Waals surface area contributed by atoms with Crippen molar-refractivity contribution in [3.05, 3.63) is 47.1 Å². The summed E-state index contributed by atoms with van der Waals surface area (Å²) in [5, 5.41) is 20.2. The van der Waals surface area contributed by atoms with Crippen LogP contribution in [-0.4, -0.2) is 37.1 Å². The first kappa shape index (κ1) is 25.5. The van der Waals surface area contributed by atoms with E-state index in [1.807, 2.05) is 20.8 Å². The molecular formula is C27H43NO3S. The number of rotatable bonds is 5. The fourth-order valence-corrected chi connectivity index (χ4v) is 7.18. The monoisotopic (exact) mass is 461 g/mol. The van der Waals surface area contributed by atoms with E-state index < -0.39 is 26.7 Å². The van der Waals surface area contributed by atoms with Gasteiger partial charge in [0.1, 0.15) is 0 Å². The van der Waals surface area contributed by atoms with E-state index in [0.29, 0.717) is 30.4 Å². The molecule has 0 radical (unpaired) electrons. The second kappa shape index (κ2) is 9.23. The predicted molar refractivity (Wildman–Crippen MR) is 134 cm³/mol. The zero-order valence-corrected chi connectivity index (χ0v) is 21.4. The van der Waals surface area contributed by atoms with Crippen molar-refractivity contribution in [1.29, 1.82) is 4.78 Å². The van der Waals surface area contributed by atoms with Gasteiger partial charge in [0.2, 0.25) is 0 Å². The molecule has 0 aromatic rings. The molecule has 0 aromatic carbocycles. The van der Waals surface area contributed by atoms with Crippen LogP contribution in [0.5, 0.6) is 0 Å². The van der Waals surface area contributed by atoms with Crippen molar-refractivity contribution in [2.45, 2.75) is 96.5 Å². The first-order valence-corrected chi connectivity index (χ1v) is 13.9. The van der Waals surface area contributed by atoms with Gasteiger partial charge in [-0.05, 0) is 87.7 Å². The SMILES string of the molecule is C=C1/C(=C\C=C2/CCC[C@]3(C)C([C@H](C)CCS(=N)(=O)C(C)(C)C)=CC[C@@H]23)C[C@@H](O)C[C@@H]1O. The largest absolute Gasteiger partial charge is 0.393 e. The number of aliphatic hydroxyl groups is 2. The molecule has 0 aliphatic heterocycles. The van der Waals surface area contributed by atoms with Gasteiger partial charge in [0.25, 0.3) is 0 Å². The van der Waals surface area contributed by atoms with Crippen LogP contribution in [0, 0.1) is 22.0 Å². The normalized spacial score (nSPS) is 36.7. The molecule has 4 nitrogen and oxygen atoms in total. The Balaban J connectivity index is 1.75. The topological polar surface area (TPSA) is 81.4 Å². The molecule has 0 amide bonds. The Bertz CT molecular complexity index is 934. The molecule has 3 aliphatic carbocycles. The van der Waals surface area contributed by atoms with Crippen LogP contribution in [0.3, 0.4) is 0 Å². The highest BCUT2D eigenvalue weighted by Gasteiger charge is 2.46. The van der Waals surface area contributed by atoms with E-state index >= 15 is 0 Å². The quantitative estimate of drug-likeness (QED) is 0.445. The summed E-state index contributed by atoms with van der Waals surface area (Å²) in [6.45, 7) is 14.4. The van der Waals surface area contributed by atoms with Gasteiger partial charge in [-0.3, -0.25) is 4.78 Å². The third kappa shape index (κ3) is 5.00. The summed E-state index contributed by atoms with van der Waals surface area (Å²) in [4.78, 5) is 0. The second-order valence-corrected chi connectivity index (χ2v) is 14.5. The molecule has 0 aromatic heterocycles. The lowest BCUT2D eigenvalue weighted by molar-refractivity contribution is 0.0862. The van der Waals surface area contributed by atoms with Crippen LogP contribution in [0.25, 0.3) is 0 Å². The van der Waals surface area contributed by atoms with Crippen LogP contribution in [0.1, 0.15) is 79.6 Å². The summed E-state index contributed by atoms with van der Waals surface area (Å²) < 4.78 is 20.7. The van der Waals surface area contributed by atoms with Gasteiger partial charge in [-0.25, -0.2) is 4.21 Å². The summed E-state index contributed by atoms with van der Waals surface area (Å²) in [5.74, 6) is 1.26. The van der Waals surface area contributed by atoms with Crippen molar-refractivity contribution >= 4 is 9.73 Å². The maximum Gasteiger partial charge on any atom is 0.0811 e.